The number of ether oxygens (including phenoxy) is 1. The van der Waals surface area contributed by atoms with Gasteiger partial charge >= 0.3 is 5.97 Å². The van der Waals surface area contributed by atoms with Gasteiger partial charge in [-0.25, -0.2) is 4.98 Å². The molecule has 2 heterocycles. The number of amides is 2. The van der Waals surface area contributed by atoms with Gasteiger partial charge in [0, 0.05) is 37.0 Å². The van der Waals surface area contributed by atoms with Crippen molar-refractivity contribution in [2.45, 2.75) is 38.8 Å². The van der Waals surface area contributed by atoms with Crippen LogP contribution in [0.5, 0.6) is 0 Å². The van der Waals surface area contributed by atoms with Gasteiger partial charge in [0.25, 0.3) is 5.91 Å². The molecule has 1 atom stereocenters. The van der Waals surface area contributed by atoms with Gasteiger partial charge in [-0.1, -0.05) is 24.3 Å². The number of hydrogen-bond donors (Lipinski definition) is 4. The number of carbonyl (C=O) groups excluding carboxylic acids is 3. The number of hydrogen-bond acceptors (Lipinski definition) is 8. The Morgan fingerprint density at radius 2 is 1.69 bits per heavy atom. The number of aromatic nitrogens is 2. The van der Waals surface area contributed by atoms with Gasteiger partial charge in [0.2, 0.25) is 5.91 Å². The molecule has 4 aromatic rings. The summed E-state index contributed by atoms with van der Waals surface area (Å²) in [6.45, 7) is 5.59. The first-order valence-corrected chi connectivity index (χ1v) is 15.1. The van der Waals surface area contributed by atoms with Crippen LogP contribution >= 0.6 is 0 Å². The average molecular weight is 610 g/mol. The van der Waals surface area contributed by atoms with Gasteiger partial charge in [-0.3, -0.25) is 25.1 Å². The Kier molecular flexibility index (Phi) is 9.58. The Balaban J connectivity index is 1.29. The first-order valence-electron chi connectivity index (χ1n) is 15.1. The summed E-state index contributed by atoms with van der Waals surface area (Å²) in [5.74, 6) is 0.00244. The molecule has 1 fully saturated rings. The van der Waals surface area contributed by atoms with Crippen LogP contribution in [0, 0.1) is 5.41 Å². The Hall–Kier alpha value is -5.03. The summed E-state index contributed by atoms with van der Waals surface area (Å²) in [7, 11) is 1.94. The predicted molar refractivity (Wildman–Crippen MR) is 173 cm³/mol. The molecule has 1 aliphatic heterocycles. The molecule has 0 bridgehead atoms. The van der Waals surface area contributed by atoms with Crippen LogP contribution in [0.4, 0.5) is 5.69 Å². The van der Waals surface area contributed by atoms with Crippen LogP contribution < -0.4 is 16.0 Å². The van der Waals surface area contributed by atoms with E-state index in [0.717, 1.165) is 41.0 Å². The summed E-state index contributed by atoms with van der Waals surface area (Å²) < 4.78 is 7.11. The van der Waals surface area contributed by atoms with Crippen LogP contribution in [0.1, 0.15) is 54.0 Å². The normalized spacial score (nSPS) is 14.2. The average Bonchev–Trinajstić information content (AvgIpc) is 3.71. The molecule has 1 aromatic heterocycles. The van der Waals surface area contributed by atoms with Gasteiger partial charge in [0.15, 0.2) is 0 Å². The summed E-state index contributed by atoms with van der Waals surface area (Å²) in [5, 5.41) is 17.5. The number of nitrogens with one attached hydrogen (secondary N) is 4. The molecule has 0 radical (unpaired) electrons. The van der Waals surface area contributed by atoms with Crippen molar-refractivity contribution >= 4 is 40.3 Å². The zero-order valence-electron chi connectivity index (χ0n) is 25.9. The molecule has 1 saturated heterocycles. The van der Waals surface area contributed by atoms with E-state index in [4.69, 9.17) is 15.1 Å². The van der Waals surface area contributed by atoms with E-state index >= 15 is 0 Å². The number of benzene rings is 3. The first-order chi connectivity index (χ1) is 21.7. The number of fused-ring (bicyclic) bond motifs is 1. The smallest absolute Gasteiger partial charge is 0.319 e. The number of carbonyl (C=O) groups is 3. The molecule has 5 rings (SSSR count). The quantitative estimate of drug-likeness (QED) is 0.115. The van der Waals surface area contributed by atoms with Crippen molar-refractivity contribution in [2.24, 2.45) is 7.05 Å². The standard InChI is InChI=1S/C34H39N7O4/c1-4-45-30(42)22-37-34(2,33(44)41-18-8-9-19-41)25-14-17-28-27(20-25)38-29(40(28)3)21-36-26-15-12-23(13-16-26)31(35)39-32(43)24-10-6-5-7-11-24/h5-7,10-17,20,36-37H,4,8-9,18-19,21-22H2,1-3H3,(H2,35,39,43)/t34-/m1/s1. The number of esters is 1. The van der Waals surface area contributed by atoms with Crippen molar-refractivity contribution in [1.29, 1.82) is 5.41 Å². The molecule has 4 N–H and O–H groups in total. The molecule has 1 aliphatic rings. The predicted octanol–water partition coefficient (Wildman–Crippen LogP) is 3.93. The van der Waals surface area contributed by atoms with Crippen LogP contribution in [-0.2, 0) is 33.5 Å². The maximum Gasteiger partial charge on any atom is 0.319 e. The van der Waals surface area contributed by atoms with Crippen molar-refractivity contribution < 1.29 is 19.1 Å². The second-order valence-corrected chi connectivity index (χ2v) is 11.2. The lowest BCUT2D eigenvalue weighted by molar-refractivity contribution is -0.143. The third-order valence-corrected chi connectivity index (χ3v) is 8.16. The molecule has 2 amide bonds. The summed E-state index contributed by atoms with van der Waals surface area (Å²) in [5.41, 5.74) is 3.16. The summed E-state index contributed by atoms with van der Waals surface area (Å²) >= 11 is 0. The van der Waals surface area contributed by atoms with Crippen LogP contribution in [0.25, 0.3) is 11.0 Å². The number of imidazole rings is 1. The van der Waals surface area contributed by atoms with Crippen molar-refractivity contribution in [3.05, 3.63) is 95.3 Å². The SMILES string of the molecule is CCOC(=O)CN[C@@](C)(C(=O)N1CCCC1)c1ccc2c(c1)nc(CNc1ccc(C(=N)NC(=O)c3ccccc3)cc1)n2C. The van der Waals surface area contributed by atoms with E-state index in [1.807, 2.05) is 59.8 Å². The van der Waals surface area contributed by atoms with Crippen LogP contribution in [0.15, 0.2) is 72.8 Å². The third kappa shape index (κ3) is 7.04. The van der Waals surface area contributed by atoms with Crippen molar-refractivity contribution in [1.82, 2.24) is 25.1 Å². The highest BCUT2D eigenvalue weighted by molar-refractivity contribution is 6.11. The molecule has 234 valence electrons. The molecule has 11 heteroatoms. The minimum atomic E-state index is -1.13. The lowest BCUT2D eigenvalue weighted by Gasteiger charge is -2.33. The molecule has 0 saturated carbocycles. The highest BCUT2D eigenvalue weighted by Gasteiger charge is 2.40. The molecular weight excluding hydrogens is 570 g/mol. The molecule has 0 aliphatic carbocycles. The van der Waals surface area contributed by atoms with Crippen LogP contribution in [0.2, 0.25) is 0 Å². The van der Waals surface area contributed by atoms with Gasteiger partial charge in [0.05, 0.1) is 30.7 Å². The number of rotatable bonds is 11. The monoisotopic (exact) mass is 609 g/mol. The first kappa shape index (κ1) is 31.4. The van der Waals surface area contributed by atoms with Gasteiger partial charge in [-0.2, -0.15) is 0 Å². The highest BCUT2D eigenvalue weighted by atomic mass is 16.5. The fourth-order valence-corrected chi connectivity index (χ4v) is 5.50. The lowest BCUT2D eigenvalue weighted by atomic mass is 9.89. The van der Waals surface area contributed by atoms with Crippen LogP contribution in [0.3, 0.4) is 0 Å². The third-order valence-electron chi connectivity index (χ3n) is 8.16. The van der Waals surface area contributed by atoms with Crippen molar-refractivity contribution in [3.63, 3.8) is 0 Å². The van der Waals surface area contributed by atoms with E-state index in [2.05, 4.69) is 16.0 Å². The number of likely N-dealkylation sites (tertiary alicyclic amines) is 1. The van der Waals surface area contributed by atoms with Gasteiger partial charge in [-0.05, 0) is 80.8 Å². The molecule has 0 spiro atoms. The minimum absolute atomic E-state index is 0.0218. The molecule has 11 nitrogen and oxygen atoms in total. The largest absolute Gasteiger partial charge is 0.465 e. The van der Waals surface area contributed by atoms with E-state index in [1.165, 1.54) is 0 Å². The Morgan fingerprint density at radius 1 is 0.978 bits per heavy atom. The Labute approximate surface area is 262 Å². The van der Waals surface area contributed by atoms with Gasteiger partial charge < -0.3 is 24.8 Å². The molecule has 45 heavy (non-hydrogen) atoms. The Bertz CT molecular complexity index is 1700. The van der Waals surface area contributed by atoms with Gasteiger partial charge in [-0.15, -0.1) is 0 Å². The number of anilines is 1. The van der Waals surface area contributed by atoms with Crippen molar-refractivity contribution in [2.75, 3.05) is 31.6 Å². The maximum atomic E-state index is 13.7. The zero-order chi connectivity index (χ0) is 32.0. The van der Waals surface area contributed by atoms with Crippen LogP contribution in [-0.4, -0.2) is 64.3 Å². The summed E-state index contributed by atoms with van der Waals surface area (Å²) in [6, 6.07) is 21.8. The number of aryl methyl sites for hydroxylation is 1. The van der Waals surface area contributed by atoms with E-state index in [1.54, 1.807) is 43.3 Å². The second-order valence-electron chi connectivity index (χ2n) is 11.2. The number of amidine groups is 1. The van der Waals surface area contributed by atoms with E-state index in [-0.39, 0.29) is 30.8 Å². The summed E-state index contributed by atoms with van der Waals surface area (Å²) in [4.78, 5) is 45.0. The van der Waals surface area contributed by atoms with E-state index in [0.29, 0.717) is 30.8 Å². The van der Waals surface area contributed by atoms with E-state index in [9.17, 15) is 14.4 Å². The molecular formula is C34H39N7O4. The van der Waals surface area contributed by atoms with Gasteiger partial charge in [0.1, 0.15) is 17.2 Å². The lowest BCUT2D eigenvalue weighted by Crippen LogP contribution is -2.54. The fraction of sp³-hybridized carbons (Fsp3) is 0.324. The molecule has 3 aromatic carbocycles. The maximum absolute atomic E-state index is 13.7. The minimum Gasteiger partial charge on any atom is -0.465 e. The summed E-state index contributed by atoms with van der Waals surface area (Å²) in [6.07, 6.45) is 1.93. The zero-order valence-corrected chi connectivity index (χ0v) is 25.9. The van der Waals surface area contributed by atoms with Crippen molar-refractivity contribution in [3.8, 4) is 0 Å². The second kappa shape index (κ2) is 13.7. The Morgan fingerprint density at radius 3 is 2.38 bits per heavy atom. The topological polar surface area (TPSA) is 141 Å². The highest BCUT2D eigenvalue weighted by Crippen LogP contribution is 2.29. The fourth-order valence-electron chi connectivity index (χ4n) is 5.50. The molecule has 0 unspecified atom stereocenters. The number of nitrogens with zero attached hydrogens (tertiary/aromatic N) is 3. The van der Waals surface area contributed by atoms with E-state index < -0.39 is 11.5 Å².